The molecule has 1 heterocycles. The molecule has 1 aromatic rings. The number of halogens is 4. The standard InChI is InChI=1S/C11H12F4N2O2/c1-10(2,3)19-9(18)17-7-5-4-6(12)8(16-7)11(13,14)15/h4-5H,1-3H3,(H,16,17,18). The molecule has 0 radical (unpaired) electrons. The molecule has 0 atom stereocenters. The van der Waals surface area contributed by atoms with Crippen molar-refractivity contribution in [3.05, 3.63) is 23.6 Å². The van der Waals surface area contributed by atoms with Crippen LogP contribution in [-0.2, 0) is 10.9 Å². The van der Waals surface area contributed by atoms with Crippen molar-refractivity contribution in [1.29, 1.82) is 0 Å². The van der Waals surface area contributed by atoms with Gasteiger partial charge in [0.15, 0.2) is 11.5 Å². The van der Waals surface area contributed by atoms with Gasteiger partial charge in [0.1, 0.15) is 11.4 Å². The zero-order chi connectivity index (χ0) is 14.8. The molecule has 0 aromatic carbocycles. The first-order chi connectivity index (χ1) is 8.49. The van der Waals surface area contributed by atoms with Gasteiger partial charge in [-0.3, -0.25) is 5.32 Å². The number of carbonyl (C=O) groups excluding carboxylic acids is 1. The third-order valence-corrected chi connectivity index (χ3v) is 1.74. The van der Waals surface area contributed by atoms with E-state index in [1.165, 1.54) is 0 Å². The van der Waals surface area contributed by atoms with E-state index in [1.54, 1.807) is 20.8 Å². The van der Waals surface area contributed by atoms with Gasteiger partial charge in [0.05, 0.1) is 0 Å². The highest BCUT2D eigenvalue weighted by atomic mass is 19.4. The van der Waals surface area contributed by atoms with Crippen molar-refractivity contribution < 1.29 is 27.1 Å². The highest BCUT2D eigenvalue weighted by Gasteiger charge is 2.36. The summed E-state index contributed by atoms with van der Waals surface area (Å²) in [6.45, 7) is 4.77. The maximum absolute atomic E-state index is 12.9. The summed E-state index contributed by atoms with van der Waals surface area (Å²) < 4.78 is 55.0. The van der Waals surface area contributed by atoms with Crippen LogP contribution in [0.1, 0.15) is 26.5 Å². The maximum atomic E-state index is 12.9. The van der Waals surface area contributed by atoms with Crippen molar-refractivity contribution in [1.82, 2.24) is 4.98 Å². The Kier molecular flexibility index (Phi) is 4.02. The van der Waals surface area contributed by atoms with E-state index in [1.807, 2.05) is 5.32 Å². The van der Waals surface area contributed by atoms with E-state index in [2.05, 4.69) is 4.98 Å². The molecule has 106 valence electrons. The SMILES string of the molecule is CC(C)(C)OC(=O)Nc1ccc(F)c(C(F)(F)F)n1. The van der Waals surface area contributed by atoms with E-state index in [0.29, 0.717) is 6.07 Å². The Labute approximate surface area is 106 Å². The molecule has 0 unspecified atom stereocenters. The van der Waals surface area contributed by atoms with Crippen LogP contribution in [0, 0.1) is 5.82 Å². The van der Waals surface area contributed by atoms with E-state index in [0.717, 1.165) is 6.07 Å². The van der Waals surface area contributed by atoms with Crippen LogP contribution >= 0.6 is 0 Å². The molecule has 1 amide bonds. The largest absolute Gasteiger partial charge is 0.444 e. The van der Waals surface area contributed by atoms with Crippen LogP contribution in [-0.4, -0.2) is 16.7 Å². The number of pyridine rings is 1. The van der Waals surface area contributed by atoms with E-state index in [4.69, 9.17) is 4.74 Å². The Bertz CT molecular complexity index is 481. The second-order valence-electron chi connectivity index (χ2n) is 4.65. The fourth-order valence-corrected chi connectivity index (χ4v) is 1.12. The Morgan fingerprint density at radius 3 is 2.32 bits per heavy atom. The number of nitrogens with zero attached hydrogens (tertiary/aromatic N) is 1. The fraction of sp³-hybridized carbons (Fsp3) is 0.455. The van der Waals surface area contributed by atoms with Crippen LogP contribution in [0.15, 0.2) is 12.1 Å². The van der Waals surface area contributed by atoms with Crippen molar-refractivity contribution in [2.45, 2.75) is 32.5 Å². The zero-order valence-electron chi connectivity index (χ0n) is 10.4. The first kappa shape index (κ1) is 15.2. The molecule has 0 bridgehead atoms. The van der Waals surface area contributed by atoms with Gasteiger partial charge in [-0.15, -0.1) is 0 Å². The molecule has 1 rings (SSSR count). The zero-order valence-corrected chi connectivity index (χ0v) is 10.4. The lowest BCUT2D eigenvalue weighted by Gasteiger charge is -2.19. The summed E-state index contributed by atoms with van der Waals surface area (Å²) in [5.74, 6) is -1.95. The summed E-state index contributed by atoms with van der Waals surface area (Å²) in [6, 6.07) is 1.48. The molecule has 0 aliphatic heterocycles. The van der Waals surface area contributed by atoms with Crippen LogP contribution in [0.4, 0.5) is 28.2 Å². The summed E-state index contributed by atoms with van der Waals surface area (Å²) in [6.07, 6.45) is -5.91. The Balaban J connectivity index is 2.89. The summed E-state index contributed by atoms with van der Waals surface area (Å²) in [4.78, 5) is 14.3. The Hall–Kier alpha value is -1.86. The number of alkyl halides is 3. The summed E-state index contributed by atoms with van der Waals surface area (Å²) in [5.41, 5.74) is -2.50. The van der Waals surface area contributed by atoms with Crippen LogP contribution in [0.2, 0.25) is 0 Å². The van der Waals surface area contributed by atoms with Crippen LogP contribution in [0.3, 0.4) is 0 Å². The molecule has 0 aliphatic carbocycles. The highest BCUT2D eigenvalue weighted by molar-refractivity contribution is 5.83. The molecule has 4 nitrogen and oxygen atoms in total. The number of hydrogen-bond acceptors (Lipinski definition) is 3. The van der Waals surface area contributed by atoms with Gasteiger partial charge in [0.25, 0.3) is 0 Å². The fourth-order valence-electron chi connectivity index (χ4n) is 1.12. The van der Waals surface area contributed by atoms with Crippen molar-refractivity contribution in [3.63, 3.8) is 0 Å². The van der Waals surface area contributed by atoms with Crippen molar-refractivity contribution in [2.75, 3.05) is 5.32 Å². The monoisotopic (exact) mass is 280 g/mol. The first-order valence-electron chi connectivity index (χ1n) is 5.23. The molecular formula is C11H12F4N2O2. The smallest absolute Gasteiger partial charge is 0.436 e. The van der Waals surface area contributed by atoms with Gasteiger partial charge in [0.2, 0.25) is 0 Å². The molecule has 0 saturated heterocycles. The van der Waals surface area contributed by atoms with Crippen molar-refractivity contribution in [3.8, 4) is 0 Å². The minimum atomic E-state index is -4.93. The van der Waals surface area contributed by atoms with Crippen LogP contribution < -0.4 is 5.32 Å². The molecule has 0 fully saturated rings. The average molecular weight is 280 g/mol. The molecule has 0 saturated carbocycles. The van der Waals surface area contributed by atoms with Gasteiger partial charge in [-0.25, -0.2) is 14.2 Å². The van der Waals surface area contributed by atoms with Gasteiger partial charge in [-0.2, -0.15) is 13.2 Å². The molecular weight excluding hydrogens is 268 g/mol. The number of anilines is 1. The average Bonchev–Trinajstić information content (AvgIpc) is 2.16. The molecule has 8 heteroatoms. The Morgan fingerprint density at radius 1 is 1.26 bits per heavy atom. The number of amides is 1. The second-order valence-corrected chi connectivity index (χ2v) is 4.65. The lowest BCUT2D eigenvalue weighted by atomic mass is 10.2. The van der Waals surface area contributed by atoms with Gasteiger partial charge >= 0.3 is 12.3 Å². The van der Waals surface area contributed by atoms with Crippen molar-refractivity contribution in [2.24, 2.45) is 0 Å². The second kappa shape index (κ2) is 5.02. The summed E-state index contributed by atoms with van der Waals surface area (Å²) >= 11 is 0. The number of nitrogens with one attached hydrogen (secondary N) is 1. The molecule has 1 N–H and O–H groups in total. The maximum Gasteiger partial charge on any atom is 0.436 e. The third-order valence-electron chi connectivity index (χ3n) is 1.74. The minimum absolute atomic E-state index is 0.442. The Morgan fingerprint density at radius 2 is 1.84 bits per heavy atom. The van der Waals surface area contributed by atoms with Crippen molar-refractivity contribution >= 4 is 11.9 Å². The number of aromatic nitrogens is 1. The lowest BCUT2D eigenvalue weighted by Crippen LogP contribution is -2.27. The van der Waals surface area contributed by atoms with Crippen LogP contribution in [0.5, 0.6) is 0 Å². The predicted octanol–water partition coefficient (Wildman–Crippen LogP) is 3.59. The normalized spacial score (nSPS) is 12.2. The van der Waals surface area contributed by atoms with Gasteiger partial charge in [0, 0.05) is 0 Å². The molecule has 0 aliphatic rings. The van der Waals surface area contributed by atoms with E-state index < -0.39 is 35.2 Å². The van der Waals surface area contributed by atoms with Crippen LogP contribution in [0.25, 0.3) is 0 Å². The minimum Gasteiger partial charge on any atom is -0.444 e. The van der Waals surface area contributed by atoms with E-state index in [-0.39, 0.29) is 0 Å². The lowest BCUT2D eigenvalue weighted by molar-refractivity contribution is -0.143. The number of ether oxygens (including phenoxy) is 1. The predicted molar refractivity (Wildman–Crippen MR) is 59.1 cm³/mol. The van der Waals surface area contributed by atoms with Gasteiger partial charge < -0.3 is 4.74 Å². The topological polar surface area (TPSA) is 51.2 Å². The number of rotatable bonds is 1. The van der Waals surface area contributed by atoms with Gasteiger partial charge in [-0.05, 0) is 32.9 Å². The summed E-state index contributed by atoms with van der Waals surface area (Å²) in [5, 5.41) is 2.00. The quantitative estimate of drug-likeness (QED) is 0.800. The van der Waals surface area contributed by atoms with E-state index >= 15 is 0 Å². The van der Waals surface area contributed by atoms with E-state index in [9.17, 15) is 22.4 Å². The molecule has 19 heavy (non-hydrogen) atoms. The van der Waals surface area contributed by atoms with Gasteiger partial charge in [-0.1, -0.05) is 0 Å². The third kappa shape index (κ3) is 4.72. The summed E-state index contributed by atoms with van der Waals surface area (Å²) in [7, 11) is 0. The first-order valence-corrected chi connectivity index (χ1v) is 5.23. The molecule has 0 spiro atoms. The molecule has 1 aromatic heterocycles. The number of carbonyl (C=O) groups is 1. The highest BCUT2D eigenvalue weighted by Crippen LogP contribution is 2.30. The number of hydrogen-bond donors (Lipinski definition) is 1.